The van der Waals surface area contributed by atoms with Crippen molar-refractivity contribution in [2.75, 3.05) is 0 Å². The lowest BCUT2D eigenvalue weighted by Gasteiger charge is -2.11. The summed E-state index contributed by atoms with van der Waals surface area (Å²) in [6.07, 6.45) is 3.04. The first-order valence-electron chi connectivity index (χ1n) is 5.09. The van der Waals surface area contributed by atoms with Crippen molar-refractivity contribution in [2.45, 2.75) is 17.2 Å². The number of thiazole rings is 1. The Kier molecular flexibility index (Phi) is 3.64. The van der Waals surface area contributed by atoms with Gasteiger partial charge in [0.25, 0.3) is 10.0 Å². The summed E-state index contributed by atoms with van der Waals surface area (Å²) < 4.78 is 26.2. The molecule has 0 aliphatic rings. The lowest BCUT2D eigenvalue weighted by Crippen LogP contribution is -2.27. The highest BCUT2D eigenvalue weighted by molar-refractivity contribution is 7.91. The SMILES string of the molecule is CC(NS(=O)(=O)c1scnc1C(=O)O)c1cn[nH]c1. The van der Waals surface area contributed by atoms with Gasteiger partial charge in [-0.15, -0.1) is 11.3 Å². The topological polar surface area (TPSA) is 125 Å². The molecule has 1 atom stereocenters. The van der Waals surface area contributed by atoms with Gasteiger partial charge < -0.3 is 5.11 Å². The van der Waals surface area contributed by atoms with Gasteiger partial charge in [-0.3, -0.25) is 5.10 Å². The second-order valence-electron chi connectivity index (χ2n) is 3.67. The molecule has 0 spiro atoms. The molecule has 1 unspecified atom stereocenters. The van der Waals surface area contributed by atoms with E-state index in [4.69, 9.17) is 5.11 Å². The minimum atomic E-state index is -3.93. The maximum Gasteiger partial charge on any atom is 0.356 e. The van der Waals surface area contributed by atoms with Crippen LogP contribution in [0.3, 0.4) is 0 Å². The summed E-state index contributed by atoms with van der Waals surface area (Å²) in [5.41, 5.74) is 1.35. The van der Waals surface area contributed by atoms with Crippen molar-refractivity contribution in [1.82, 2.24) is 19.9 Å². The third-order valence-electron chi connectivity index (χ3n) is 2.33. The maximum absolute atomic E-state index is 12.1. The highest BCUT2D eigenvalue weighted by Crippen LogP contribution is 2.22. The van der Waals surface area contributed by atoms with E-state index in [1.807, 2.05) is 0 Å². The van der Waals surface area contributed by atoms with Gasteiger partial charge in [0, 0.05) is 17.8 Å². The van der Waals surface area contributed by atoms with Crippen LogP contribution in [0.5, 0.6) is 0 Å². The number of carboxylic acid groups (broad SMARTS) is 1. The molecule has 102 valence electrons. The van der Waals surface area contributed by atoms with Gasteiger partial charge in [0.1, 0.15) is 0 Å². The molecule has 8 nitrogen and oxygen atoms in total. The Hall–Kier alpha value is -1.78. The van der Waals surface area contributed by atoms with E-state index in [9.17, 15) is 13.2 Å². The Bertz CT molecular complexity index is 677. The van der Waals surface area contributed by atoms with Crippen LogP contribution in [0.4, 0.5) is 0 Å². The summed E-state index contributed by atoms with van der Waals surface area (Å²) in [5, 5.41) is 15.2. The quantitative estimate of drug-likeness (QED) is 0.743. The van der Waals surface area contributed by atoms with Crippen LogP contribution in [0.2, 0.25) is 0 Å². The summed E-state index contributed by atoms with van der Waals surface area (Å²) in [7, 11) is -3.93. The molecule has 0 saturated heterocycles. The Balaban J connectivity index is 2.28. The van der Waals surface area contributed by atoms with Crippen molar-refractivity contribution in [1.29, 1.82) is 0 Å². The van der Waals surface area contributed by atoms with Crippen molar-refractivity contribution in [3.05, 3.63) is 29.2 Å². The Morgan fingerprint density at radius 3 is 2.89 bits per heavy atom. The monoisotopic (exact) mass is 302 g/mol. The number of rotatable bonds is 5. The molecule has 0 fully saturated rings. The van der Waals surface area contributed by atoms with Crippen LogP contribution >= 0.6 is 11.3 Å². The van der Waals surface area contributed by atoms with E-state index in [1.165, 1.54) is 11.7 Å². The molecule has 19 heavy (non-hydrogen) atoms. The molecular formula is C9H10N4O4S2. The molecule has 0 radical (unpaired) electrons. The van der Waals surface area contributed by atoms with Crippen LogP contribution in [0, 0.1) is 0 Å². The summed E-state index contributed by atoms with van der Waals surface area (Å²) in [6, 6.07) is -0.535. The molecule has 10 heteroatoms. The molecule has 0 aliphatic carbocycles. The van der Waals surface area contributed by atoms with Crippen LogP contribution in [0.15, 0.2) is 22.1 Å². The minimum Gasteiger partial charge on any atom is -0.476 e. The molecule has 2 aromatic rings. The number of aromatic nitrogens is 3. The van der Waals surface area contributed by atoms with Gasteiger partial charge in [-0.1, -0.05) is 0 Å². The van der Waals surface area contributed by atoms with Crippen LogP contribution < -0.4 is 4.72 Å². The van der Waals surface area contributed by atoms with Crippen molar-refractivity contribution in [3.8, 4) is 0 Å². The predicted octanol–water partition coefficient (Wildman–Crippen LogP) is 0.604. The number of nitrogens with one attached hydrogen (secondary N) is 2. The second-order valence-corrected chi connectivity index (χ2v) is 6.43. The Morgan fingerprint density at radius 2 is 2.32 bits per heavy atom. The van der Waals surface area contributed by atoms with Crippen LogP contribution in [0.25, 0.3) is 0 Å². The molecule has 2 rings (SSSR count). The first-order chi connectivity index (χ1) is 8.92. The number of aromatic amines is 1. The number of H-pyrrole nitrogens is 1. The number of carbonyl (C=O) groups is 1. The van der Waals surface area contributed by atoms with E-state index >= 15 is 0 Å². The van der Waals surface area contributed by atoms with Crippen LogP contribution in [-0.2, 0) is 10.0 Å². The van der Waals surface area contributed by atoms with Gasteiger partial charge in [0.05, 0.1) is 11.7 Å². The van der Waals surface area contributed by atoms with Crippen LogP contribution in [0.1, 0.15) is 29.0 Å². The number of hydrogen-bond donors (Lipinski definition) is 3. The average molecular weight is 302 g/mol. The molecular weight excluding hydrogens is 292 g/mol. The normalized spacial score (nSPS) is 13.3. The summed E-state index contributed by atoms with van der Waals surface area (Å²) in [6.45, 7) is 1.63. The zero-order valence-electron chi connectivity index (χ0n) is 9.69. The van der Waals surface area contributed by atoms with E-state index < -0.39 is 27.7 Å². The lowest BCUT2D eigenvalue weighted by atomic mass is 10.2. The molecule has 3 N–H and O–H groups in total. The fourth-order valence-electron chi connectivity index (χ4n) is 1.42. The number of sulfonamides is 1. The van der Waals surface area contributed by atoms with E-state index in [0.29, 0.717) is 5.56 Å². The van der Waals surface area contributed by atoms with Gasteiger partial charge >= 0.3 is 5.97 Å². The van der Waals surface area contributed by atoms with E-state index in [-0.39, 0.29) is 4.21 Å². The van der Waals surface area contributed by atoms with Crippen molar-refractivity contribution in [2.24, 2.45) is 0 Å². The highest BCUT2D eigenvalue weighted by atomic mass is 32.2. The average Bonchev–Trinajstić information content (AvgIpc) is 3.00. The summed E-state index contributed by atoms with van der Waals surface area (Å²) in [5.74, 6) is -1.38. The van der Waals surface area contributed by atoms with Crippen molar-refractivity contribution < 1.29 is 18.3 Å². The molecule has 0 bridgehead atoms. The minimum absolute atomic E-state index is 0.310. The van der Waals surface area contributed by atoms with Gasteiger partial charge in [0.15, 0.2) is 9.90 Å². The Labute approximate surface area is 112 Å². The first-order valence-corrected chi connectivity index (χ1v) is 7.46. The van der Waals surface area contributed by atoms with Gasteiger partial charge in [0.2, 0.25) is 0 Å². The van der Waals surface area contributed by atoms with Crippen molar-refractivity contribution >= 4 is 27.3 Å². The molecule has 0 aromatic carbocycles. The maximum atomic E-state index is 12.1. The molecule has 2 aromatic heterocycles. The first kappa shape index (κ1) is 13.6. The van der Waals surface area contributed by atoms with E-state index in [2.05, 4.69) is 19.9 Å². The predicted molar refractivity (Wildman–Crippen MR) is 66.4 cm³/mol. The highest BCUT2D eigenvalue weighted by Gasteiger charge is 2.27. The van der Waals surface area contributed by atoms with Crippen LogP contribution in [-0.4, -0.2) is 34.7 Å². The fourth-order valence-corrected chi connectivity index (χ4v) is 3.81. The number of carboxylic acids is 1. The summed E-state index contributed by atoms with van der Waals surface area (Å²) in [4.78, 5) is 14.4. The third-order valence-corrected chi connectivity index (χ3v) is 5.24. The lowest BCUT2D eigenvalue weighted by molar-refractivity contribution is 0.0687. The molecule has 0 saturated carbocycles. The number of nitrogens with zero attached hydrogens (tertiary/aromatic N) is 2. The zero-order valence-corrected chi connectivity index (χ0v) is 11.3. The third kappa shape index (κ3) is 2.80. The smallest absolute Gasteiger partial charge is 0.356 e. The molecule has 0 amide bonds. The van der Waals surface area contributed by atoms with Gasteiger partial charge in [-0.2, -0.15) is 5.10 Å². The van der Waals surface area contributed by atoms with E-state index in [1.54, 1.807) is 13.1 Å². The largest absolute Gasteiger partial charge is 0.476 e. The van der Waals surface area contributed by atoms with E-state index in [0.717, 1.165) is 11.3 Å². The number of hydrogen-bond acceptors (Lipinski definition) is 6. The second kappa shape index (κ2) is 5.07. The Morgan fingerprint density at radius 1 is 1.58 bits per heavy atom. The number of aromatic carboxylic acids is 1. The summed E-state index contributed by atoms with van der Waals surface area (Å²) >= 11 is 0.758. The van der Waals surface area contributed by atoms with Gasteiger partial charge in [-0.05, 0) is 6.92 Å². The standard InChI is InChI=1S/C9H10N4O4S2/c1-5(6-2-11-12-3-6)13-19(16,17)9-7(8(14)15)10-4-18-9/h2-5,13H,1H3,(H,11,12)(H,14,15). The molecule has 2 heterocycles. The molecule has 0 aliphatic heterocycles. The van der Waals surface area contributed by atoms with Gasteiger partial charge in [-0.25, -0.2) is 22.9 Å². The fraction of sp³-hybridized carbons (Fsp3) is 0.222. The zero-order chi connectivity index (χ0) is 14.0. The van der Waals surface area contributed by atoms with Crippen molar-refractivity contribution in [3.63, 3.8) is 0 Å².